The fourth-order valence-corrected chi connectivity index (χ4v) is 1.21. The summed E-state index contributed by atoms with van der Waals surface area (Å²) in [4.78, 5) is 15.1. The maximum Gasteiger partial charge on any atom is 0.220 e. The molecule has 1 unspecified atom stereocenters. The van der Waals surface area contributed by atoms with Crippen molar-refractivity contribution in [1.29, 1.82) is 0 Å². The van der Waals surface area contributed by atoms with E-state index in [1.54, 1.807) is 0 Å². The highest BCUT2D eigenvalue weighted by atomic mass is 16.1. The van der Waals surface area contributed by atoms with Gasteiger partial charge in [-0.05, 0) is 6.42 Å². The van der Waals surface area contributed by atoms with E-state index in [0.717, 1.165) is 6.42 Å². The molecule has 3 N–H and O–H groups in total. The summed E-state index contributed by atoms with van der Waals surface area (Å²) in [7, 11) is 0. The second-order valence-electron chi connectivity index (χ2n) is 3.72. The Morgan fingerprint density at radius 1 is 1.77 bits per heavy atom. The minimum Gasteiger partial charge on any atom is -0.387 e. The first kappa shape index (κ1) is 10.0. The largest absolute Gasteiger partial charge is 0.387 e. The summed E-state index contributed by atoms with van der Waals surface area (Å²) in [5.41, 5.74) is 5.67. The molecule has 1 fully saturated rings. The van der Waals surface area contributed by atoms with Crippen molar-refractivity contribution >= 4 is 11.7 Å². The van der Waals surface area contributed by atoms with Crippen LogP contribution in [0.25, 0.3) is 0 Å². The van der Waals surface area contributed by atoms with E-state index in [-0.39, 0.29) is 17.9 Å². The van der Waals surface area contributed by atoms with Crippen LogP contribution in [0.15, 0.2) is 4.99 Å². The third-order valence-corrected chi connectivity index (χ3v) is 2.17. The van der Waals surface area contributed by atoms with E-state index in [0.29, 0.717) is 18.8 Å². The first-order chi connectivity index (χ1) is 6.09. The predicted octanol–water partition coefficient (Wildman–Crippen LogP) is 0.278. The van der Waals surface area contributed by atoms with Gasteiger partial charge in [0.15, 0.2) is 0 Å². The van der Waals surface area contributed by atoms with Crippen molar-refractivity contribution in [1.82, 2.24) is 5.32 Å². The maximum absolute atomic E-state index is 10.8. The van der Waals surface area contributed by atoms with Crippen LogP contribution in [0.5, 0.6) is 0 Å². The fourth-order valence-electron chi connectivity index (χ4n) is 1.21. The van der Waals surface area contributed by atoms with Crippen molar-refractivity contribution in [2.24, 2.45) is 16.6 Å². The number of hydrogen-bond acceptors (Lipinski definition) is 2. The summed E-state index contributed by atoms with van der Waals surface area (Å²) in [5.74, 6) is 1.08. The molecule has 0 aliphatic carbocycles. The van der Waals surface area contributed by atoms with Crippen LogP contribution in [0.3, 0.4) is 0 Å². The van der Waals surface area contributed by atoms with E-state index >= 15 is 0 Å². The lowest BCUT2D eigenvalue weighted by Crippen LogP contribution is -2.29. The van der Waals surface area contributed by atoms with E-state index in [9.17, 15) is 4.79 Å². The molecular formula is C9H17N3O. The topological polar surface area (TPSA) is 67.5 Å². The Bertz CT molecular complexity index is 223. The van der Waals surface area contributed by atoms with Gasteiger partial charge in [0.05, 0.1) is 12.4 Å². The first-order valence-electron chi connectivity index (χ1n) is 4.68. The van der Waals surface area contributed by atoms with Crippen LogP contribution in [0, 0.1) is 5.92 Å². The van der Waals surface area contributed by atoms with Gasteiger partial charge in [0, 0.05) is 18.4 Å². The Labute approximate surface area is 78.6 Å². The summed E-state index contributed by atoms with van der Waals surface area (Å²) in [5, 5.41) is 2.85. The van der Waals surface area contributed by atoms with Crippen LogP contribution >= 0.6 is 0 Å². The summed E-state index contributed by atoms with van der Waals surface area (Å²) < 4.78 is 0. The molecule has 1 aliphatic heterocycles. The molecule has 13 heavy (non-hydrogen) atoms. The van der Waals surface area contributed by atoms with Gasteiger partial charge in [0.2, 0.25) is 5.91 Å². The SMILES string of the molecule is CC(C)C(N)=NCC1CCC(=O)N1. The van der Waals surface area contributed by atoms with Gasteiger partial charge in [-0.15, -0.1) is 0 Å². The second kappa shape index (κ2) is 4.25. The number of carbonyl (C=O) groups is 1. The first-order valence-corrected chi connectivity index (χ1v) is 4.68. The Hall–Kier alpha value is -1.06. The van der Waals surface area contributed by atoms with Crippen molar-refractivity contribution in [3.05, 3.63) is 0 Å². The lowest BCUT2D eigenvalue weighted by atomic mass is 10.2. The third-order valence-electron chi connectivity index (χ3n) is 2.17. The molecule has 0 aromatic rings. The third kappa shape index (κ3) is 3.05. The fraction of sp³-hybridized carbons (Fsp3) is 0.778. The van der Waals surface area contributed by atoms with Gasteiger partial charge in [-0.25, -0.2) is 0 Å². The normalized spacial score (nSPS) is 23.8. The molecule has 1 amide bonds. The van der Waals surface area contributed by atoms with Gasteiger partial charge in [-0.1, -0.05) is 13.8 Å². The van der Waals surface area contributed by atoms with E-state index in [1.807, 2.05) is 13.8 Å². The maximum atomic E-state index is 10.8. The number of amidine groups is 1. The van der Waals surface area contributed by atoms with E-state index in [4.69, 9.17) is 5.73 Å². The van der Waals surface area contributed by atoms with Crippen LogP contribution in [0.1, 0.15) is 26.7 Å². The highest BCUT2D eigenvalue weighted by Gasteiger charge is 2.19. The van der Waals surface area contributed by atoms with Crippen LogP contribution in [0.4, 0.5) is 0 Å². The monoisotopic (exact) mass is 183 g/mol. The standard InChI is InChI=1S/C9H17N3O/c1-6(2)9(10)11-5-7-3-4-8(13)12-7/h6-7H,3-5H2,1-2H3,(H2,10,11)(H,12,13). The molecule has 74 valence electrons. The highest BCUT2D eigenvalue weighted by Crippen LogP contribution is 2.06. The molecule has 0 spiro atoms. The minimum absolute atomic E-state index is 0.128. The van der Waals surface area contributed by atoms with E-state index < -0.39 is 0 Å². The van der Waals surface area contributed by atoms with Crippen LogP contribution in [-0.2, 0) is 4.79 Å². The number of carbonyl (C=O) groups excluding carboxylic acids is 1. The number of amides is 1. The molecule has 4 heteroatoms. The lowest BCUT2D eigenvalue weighted by Gasteiger charge is -2.08. The van der Waals surface area contributed by atoms with Crippen LogP contribution < -0.4 is 11.1 Å². The van der Waals surface area contributed by atoms with Crippen molar-refractivity contribution in [3.8, 4) is 0 Å². The van der Waals surface area contributed by atoms with Gasteiger partial charge in [-0.3, -0.25) is 9.79 Å². The predicted molar refractivity (Wildman–Crippen MR) is 52.5 cm³/mol. The van der Waals surface area contributed by atoms with E-state index in [1.165, 1.54) is 0 Å². The van der Waals surface area contributed by atoms with Crippen LogP contribution in [-0.4, -0.2) is 24.3 Å². The molecule has 0 radical (unpaired) electrons. The Kier molecular flexibility index (Phi) is 3.28. The molecule has 0 aromatic heterocycles. The molecule has 1 heterocycles. The Morgan fingerprint density at radius 3 is 2.92 bits per heavy atom. The smallest absolute Gasteiger partial charge is 0.220 e. The molecule has 4 nitrogen and oxygen atoms in total. The summed E-state index contributed by atoms with van der Waals surface area (Å²) in [6.45, 7) is 4.63. The number of aliphatic imine (C=N–C) groups is 1. The molecule has 1 atom stereocenters. The Balaban J connectivity index is 2.34. The zero-order chi connectivity index (χ0) is 9.84. The number of hydrogen-bond donors (Lipinski definition) is 2. The van der Waals surface area contributed by atoms with Gasteiger partial charge >= 0.3 is 0 Å². The van der Waals surface area contributed by atoms with Crippen molar-refractivity contribution in [3.63, 3.8) is 0 Å². The number of nitrogens with zero attached hydrogens (tertiary/aromatic N) is 1. The molecule has 1 rings (SSSR count). The van der Waals surface area contributed by atoms with Gasteiger partial charge in [-0.2, -0.15) is 0 Å². The van der Waals surface area contributed by atoms with E-state index in [2.05, 4.69) is 10.3 Å². The number of rotatable bonds is 3. The summed E-state index contributed by atoms with van der Waals surface area (Å²) in [6.07, 6.45) is 1.51. The van der Waals surface area contributed by atoms with Gasteiger partial charge < -0.3 is 11.1 Å². The summed E-state index contributed by atoms with van der Waals surface area (Å²) in [6, 6.07) is 0.199. The molecule has 0 bridgehead atoms. The zero-order valence-corrected chi connectivity index (χ0v) is 8.21. The molecule has 1 aliphatic rings. The second-order valence-corrected chi connectivity index (χ2v) is 3.72. The lowest BCUT2D eigenvalue weighted by molar-refractivity contribution is -0.119. The zero-order valence-electron chi connectivity index (χ0n) is 8.21. The average molecular weight is 183 g/mol. The van der Waals surface area contributed by atoms with Crippen molar-refractivity contribution in [2.45, 2.75) is 32.7 Å². The van der Waals surface area contributed by atoms with Gasteiger partial charge in [0.25, 0.3) is 0 Å². The molecule has 1 saturated heterocycles. The minimum atomic E-state index is 0.128. The number of nitrogens with two attached hydrogens (primary N) is 1. The number of nitrogens with one attached hydrogen (secondary N) is 1. The molecule has 0 aromatic carbocycles. The Morgan fingerprint density at radius 2 is 2.46 bits per heavy atom. The molecular weight excluding hydrogens is 166 g/mol. The van der Waals surface area contributed by atoms with Gasteiger partial charge in [0.1, 0.15) is 0 Å². The average Bonchev–Trinajstić information content (AvgIpc) is 2.47. The summed E-state index contributed by atoms with van der Waals surface area (Å²) >= 11 is 0. The highest BCUT2D eigenvalue weighted by molar-refractivity contribution is 5.82. The van der Waals surface area contributed by atoms with Crippen molar-refractivity contribution < 1.29 is 4.79 Å². The van der Waals surface area contributed by atoms with Crippen molar-refractivity contribution in [2.75, 3.05) is 6.54 Å². The quantitative estimate of drug-likeness (QED) is 0.487. The molecule has 0 saturated carbocycles. The van der Waals surface area contributed by atoms with Crippen LogP contribution in [0.2, 0.25) is 0 Å².